The molecule has 134 valence electrons. The summed E-state index contributed by atoms with van der Waals surface area (Å²) in [6, 6.07) is 8.08. The standard InChI is InChI=1S/C18H26ClN3O.HI/c1-3-20-18(21-11-8-15-9-12-23-13-10-15)22-14(2)16-4-6-17(19)7-5-16;/h4-7,9,14H,3,8,10-13H2,1-2H3,(H2,20,21,22);1H. The van der Waals surface area contributed by atoms with Crippen molar-refractivity contribution in [3.05, 3.63) is 46.5 Å². The van der Waals surface area contributed by atoms with Crippen LogP contribution in [0.25, 0.3) is 0 Å². The third-order valence-electron chi connectivity index (χ3n) is 3.83. The molecule has 0 saturated heterocycles. The minimum absolute atomic E-state index is 0. The Hall–Kier alpha value is -0.790. The Morgan fingerprint density at radius 1 is 1.33 bits per heavy atom. The molecule has 0 spiro atoms. The number of nitrogens with zero attached hydrogens (tertiary/aromatic N) is 1. The third kappa shape index (κ3) is 7.40. The highest BCUT2D eigenvalue weighted by Gasteiger charge is 2.08. The lowest BCUT2D eigenvalue weighted by Gasteiger charge is -2.18. The maximum absolute atomic E-state index is 5.94. The van der Waals surface area contributed by atoms with E-state index in [1.165, 1.54) is 11.1 Å². The van der Waals surface area contributed by atoms with Gasteiger partial charge in [0.1, 0.15) is 0 Å². The number of hydrogen-bond donors (Lipinski definition) is 2. The molecule has 1 unspecified atom stereocenters. The van der Waals surface area contributed by atoms with Gasteiger partial charge in [-0.1, -0.05) is 35.4 Å². The number of guanidine groups is 1. The van der Waals surface area contributed by atoms with E-state index in [-0.39, 0.29) is 30.0 Å². The lowest BCUT2D eigenvalue weighted by atomic mass is 10.1. The molecule has 2 rings (SSSR count). The smallest absolute Gasteiger partial charge is 0.191 e. The number of nitrogens with one attached hydrogen (secondary N) is 2. The predicted molar refractivity (Wildman–Crippen MR) is 113 cm³/mol. The number of rotatable bonds is 6. The molecular weight excluding hydrogens is 437 g/mol. The Bertz CT molecular complexity index is 546. The topological polar surface area (TPSA) is 45.7 Å². The quantitative estimate of drug-likeness (QED) is 0.286. The van der Waals surface area contributed by atoms with E-state index < -0.39 is 0 Å². The van der Waals surface area contributed by atoms with Crippen molar-refractivity contribution in [2.75, 3.05) is 26.3 Å². The van der Waals surface area contributed by atoms with Crippen molar-refractivity contribution >= 4 is 41.5 Å². The van der Waals surface area contributed by atoms with Crippen molar-refractivity contribution in [1.82, 2.24) is 10.6 Å². The second kappa shape index (κ2) is 11.7. The Morgan fingerprint density at radius 2 is 2.08 bits per heavy atom. The van der Waals surface area contributed by atoms with Gasteiger partial charge in [-0.25, -0.2) is 0 Å². The molecule has 0 amide bonds. The van der Waals surface area contributed by atoms with Crippen LogP contribution in [0.15, 0.2) is 40.9 Å². The van der Waals surface area contributed by atoms with Crippen LogP contribution in [-0.2, 0) is 4.74 Å². The summed E-state index contributed by atoms with van der Waals surface area (Å²) >= 11 is 5.94. The first-order chi connectivity index (χ1) is 11.2. The van der Waals surface area contributed by atoms with Gasteiger partial charge in [0.05, 0.1) is 19.3 Å². The molecule has 1 aliphatic heterocycles. The van der Waals surface area contributed by atoms with E-state index in [0.717, 1.165) is 50.1 Å². The van der Waals surface area contributed by atoms with Crippen LogP contribution >= 0.6 is 35.6 Å². The van der Waals surface area contributed by atoms with Crippen molar-refractivity contribution in [3.8, 4) is 0 Å². The minimum Gasteiger partial charge on any atom is -0.377 e. The zero-order valence-electron chi connectivity index (χ0n) is 14.3. The predicted octanol–water partition coefficient (Wildman–Crippen LogP) is 4.31. The van der Waals surface area contributed by atoms with Crippen molar-refractivity contribution in [2.24, 2.45) is 4.99 Å². The molecule has 0 bridgehead atoms. The van der Waals surface area contributed by atoms with Crippen LogP contribution in [0.5, 0.6) is 0 Å². The highest BCUT2D eigenvalue weighted by molar-refractivity contribution is 14.0. The van der Waals surface area contributed by atoms with E-state index in [9.17, 15) is 0 Å². The largest absolute Gasteiger partial charge is 0.377 e. The highest BCUT2D eigenvalue weighted by Crippen LogP contribution is 2.16. The number of aliphatic imine (C=N–C) groups is 1. The average molecular weight is 464 g/mol. The molecule has 1 aromatic rings. The SMILES string of the molecule is CCNC(=NCCC1=CCOCC1)NC(C)c1ccc(Cl)cc1.I. The molecule has 0 radical (unpaired) electrons. The summed E-state index contributed by atoms with van der Waals surface area (Å²) in [5.41, 5.74) is 2.63. The van der Waals surface area contributed by atoms with Crippen molar-refractivity contribution in [2.45, 2.75) is 32.7 Å². The number of halogens is 2. The van der Waals surface area contributed by atoms with Gasteiger partial charge in [-0.3, -0.25) is 4.99 Å². The van der Waals surface area contributed by atoms with E-state index in [0.29, 0.717) is 0 Å². The lowest BCUT2D eigenvalue weighted by molar-refractivity contribution is 0.153. The van der Waals surface area contributed by atoms with Gasteiger partial charge in [-0.15, -0.1) is 24.0 Å². The normalized spacial score (nSPS) is 16.0. The molecule has 0 fully saturated rings. The van der Waals surface area contributed by atoms with E-state index in [2.05, 4.69) is 35.5 Å². The maximum Gasteiger partial charge on any atom is 0.191 e. The maximum atomic E-state index is 5.94. The molecule has 1 heterocycles. The summed E-state index contributed by atoms with van der Waals surface area (Å²) in [6.45, 7) is 7.40. The summed E-state index contributed by atoms with van der Waals surface area (Å²) in [6.07, 6.45) is 4.20. The Labute approximate surface area is 167 Å². The molecule has 0 saturated carbocycles. The van der Waals surface area contributed by atoms with Gasteiger partial charge in [-0.05, 0) is 44.4 Å². The number of benzene rings is 1. The van der Waals surface area contributed by atoms with E-state index in [4.69, 9.17) is 16.3 Å². The van der Waals surface area contributed by atoms with Gasteiger partial charge >= 0.3 is 0 Å². The van der Waals surface area contributed by atoms with Gasteiger partial charge in [0.25, 0.3) is 0 Å². The van der Waals surface area contributed by atoms with Gasteiger partial charge < -0.3 is 15.4 Å². The molecule has 1 aromatic carbocycles. The van der Waals surface area contributed by atoms with Gasteiger partial charge in [-0.2, -0.15) is 0 Å². The van der Waals surface area contributed by atoms with Gasteiger partial charge in [0.2, 0.25) is 0 Å². The van der Waals surface area contributed by atoms with Crippen LogP contribution < -0.4 is 10.6 Å². The van der Waals surface area contributed by atoms with Crippen LogP contribution in [0.4, 0.5) is 0 Å². The average Bonchev–Trinajstić information content (AvgIpc) is 2.56. The van der Waals surface area contributed by atoms with E-state index in [1.54, 1.807) is 0 Å². The monoisotopic (exact) mass is 463 g/mol. The zero-order valence-corrected chi connectivity index (χ0v) is 17.4. The molecule has 0 aromatic heterocycles. The summed E-state index contributed by atoms with van der Waals surface area (Å²) in [5.74, 6) is 0.850. The minimum atomic E-state index is 0. The third-order valence-corrected chi connectivity index (χ3v) is 4.08. The molecule has 0 aliphatic carbocycles. The molecule has 1 aliphatic rings. The van der Waals surface area contributed by atoms with Crippen LogP contribution in [-0.4, -0.2) is 32.3 Å². The second-order valence-electron chi connectivity index (χ2n) is 5.62. The summed E-state index contributed by atoms with van der Waals surface area (Å²) < 4.78 is 5.33. The first-order valence-corrected chi connectivity index (χ1v) is 8.62. The number of ether oxygens (including phenoxy) is 1. The van der Waals surface area contributed by atoms with Gasteiger partial charge in [0.15, 0.2) is 5.96 Å². The van der Waals surface area contributed by atoms with Gasteiger partial charge in [0, 0.05) is 18.1 Å². The fraction of sp³-hybridized carbons (Fsp3) is 0.500. The van der Waals surface area contributed by atoms with Crippen molar-refractivity contribution in [3.63, 3.8) is 0 Å². The summed E-state index contributed by atoms with van der Waals surface area (Å²) in [7, 11) is 0. The van der Waals surface area contributed by atoms with Crippen LogP contribution in [0.3, 0.4) is 0 Å². The first-order valence-electron chi connectivity index (χ1n) is 8.25. The molecular formula is C18H27ClIN3O. The van der Waals surface area contributed by atoms with Crippen LogP contribution in [0, 0.1) is 0 Å². The Kier molecular flexibility index (Phi) is 10.4. The fourth-order valence-corrected chi connectivity index (χ4v) is 2.59. The molecule has 2 N–H and O–H groups in total. The zero-order chi connectivity index (χ0) is 16.5. The number of hydrogen-bond acceptors (Lipinski definition) is 2. The van der Waals surface area contributed by atoms with E-state index >= 15 is 0 Å². The lowest BCUT2D eigenvalue weighted by Crippen LogP contribution is -2.38. The molecule has 6 heteroatoms. The first kappa shape index (κ1) is 21.3. The van der Waals surface area contributed by atoms with Crippen LogP contribution in [0.1, 0.15) is 38.3 Å². The fourth-order valence-electron chi connectivity index (χ4n) is 2.46. The van der Waals surface area contributed by atoms with Crippen molar-refractivity contribution in [1.29, 1.82) is 0 Å². The highest BCUT2D eigenvalue weighted by atomic mass is 127. The Morgan fingerprint density at radius 3 is 2.71 bits per heavy atom. The summed E-state index contributed by atoms with van der Waals surface area (Å²) in [5, 5.41) is 7.50. The summed E-state index contributed by atoms with van der Waals surface area (Å²) in [4.78, 5) is 4.68. The molecule has 4 nitrogen and oxygen atoms in total. The van der Waals surface area contributed by atoms with Crippen molar-refractivity contribution < 1.29 is 4.74 Å². The molecule has 24 heavy (non-hydrogen) atoms. The Balaban J connectivity index is 0.00000288. The van der Waals surface area contributed by atoms with Crippen LogP contribution in [0.2, 0.25) is 5.02 Å². The molecule has 1 atom stereocenters. The second-order valence-corrected chi connectivity index (χ2v) is 6.05. The van der Waals surface area contributed by atoms with E-state index in [1.807, 2.05) is 24.3 Å².